The van der Waals surface area contributed by atoms with Gasteiger partial charge in [-0.3, -0.25) is 9.59 Å². The summed E-state index contributed by atoms with van der Waals surface area (Å²) < 4.78 is 9.83. The van der Waals surface area contributed by atoms with Crippen LogP contribution in [0.5, 0.6) is 0 Å². The third kappa shape index (κ3) is 4.96. The van der Waals surface area contributed by atoms with Gasteiger partial charge >= 0.3 is 5.97 Å². The Labute approximate surface area is 132 Å². The Kier molecular flexibility index (Phi) is 5.46. The van der Waals surface area contributed by atoms with E-state index in [1.807, 2.05) is 0 Å². The van der Waals surface area contributed by atoms with Gasteiger partial charge in [0.1, 0.15) is 5.76 Å². The highest BCUT2D eigenvalue weighted by atomic mass is 16.5. The molecule has 2 rings (SSSR count). The number of benzene rings is 1. The Balaban J connectivity index is 1.86. The smallest absolute Gasteiger partial charge is 0.331 e. The zero-order valence-corrected chi connectivity index (χ0v) is 12.4. The van der Waals surface area contributed by atoms with E-state index in [0.29, 0.717) is 17.0 Å². The van der Waals surface area contributed by atoms with Crippen LogP contribution in [-0.4, -0.2) is 24.3 Å². The Morgan fingerprint density at radius 1 is 1.17 bits per heavy atom. The predicted octanol–water partition coefficient (Wildman–Crippen LogP) is 2.68. The van der Waals surface area contributed by atoms with E-state index in [1.54, 1.807) is 36.4 Å². The molecule has 0 saturated heterocycles. The normalized spacial score (nSPS) is 10.5. The van der Waals surface area contributed by atoms with Crippen molar-refractivity contribution in [1.29, 1.82) is 0 Å². The first-order valence-electron chi connectivity index (χ1n) is 6.84. The van der Waals surface area contributed by atoms with Crippen LogP contribution < -0.4 is 5.32 Å². The lowest BCUT2D eigenvalue weighted by Crippen LogP contribution is -2.21. The number of ketones is 1. The summed E-state index contributed by atoms with van der Waals surface area (Å²) in [5.74, 6) is -0.865. The predicted molar refractivity (Wildman–Crippen MR) is 83.8 cm³/mol. The van der Waals surface area contributed by atoms with Gasteiger partial charge in [0.05, 0.1) is 12.0 Å². The van der Waals surface area contributed by atoms with Gasteiger partial charge in [-0.15, -0.1) is 0 Å². The Morgan fingerprint density at radius 3 is 2.65 bits per heavy atom. The second kappa shape index (κ2) is 7.74. The maximum Gasteiger partial charge on any atom is 0.331 e. The van der Waals surface area contributed by atoms with Crippen LogP contribution in [0.25, 0.3) is 6.08 Å². The minimum Gasteiger partial charge on any atom is -0.465 e. The number of anilines is 1. The lowest BCUT2D eigenvalue weighted by atomic mass is 10.1. The van der Waals surface area contributed by atoms with Crippen molar-refractivity contribution in [2.45, 2.75) is 6.92 Å². The molecule has 0 atom stereocenters. The van der Waals surface area contributed by atoms with Crippen LogP contribution in [0, 0.1) is 0 Å². The van der Waals surface area contributed by atoms with Crippen molar-refractivity contribution in [3.63, 3.8) is 0 Å². The maximum absolute atomic E-state index is 11.8. The number of carbonyl (C=O) groups excluding carboxylic acids is 3. The highest BCUT2D eigenvalue weighted by Crippen LogP contribution is 2.15. The minimum atomic E-state index is -0.670. The zero-order chi connectivity index (χ0) is 16.7. The summed E-state index contributed by atoms with van der Waals surface area (Å²) >= 11 is 0. The lowest BCUT2D eigenvalue weighted by Gasteiger charge is -2.08. The van der Waals surface area contributed by atoms with Crippen LogP contribution in [0.4, 0.5) is 5.69 Å². The van der Waals surface area contributed by atoms with Crippen LogP contribution >= 0.6 is 0 Å². The molecular formula is C17H15NO5. The molecule has 1 heterocycles. The standard InChI is InChI=1S/C17H15NO5/c1-12(19)14-6-2-3-7-15(14)18-16(20)11-23-17(21)9-8-13-5-4-10-22-13/h2-10H,11H2,1H3,(H,18,20). The average Bonchev–Trinajstić information content (AvgIpc) is 3.04. The number of ether oxygens (including phenoxy) is 1. The summed E-state index contributed by atoms with van der Waals surface area (Å²) in [7, 11) is 0. The van der Waals surface area contributed by atoms with Crippen molar-refractivity contribution >= 4 is 29.4 Å². The number of amides is 1. The van der Waals surface area contributed by atoms with E-state index in [2.05, 4.69) is 5.32 Å². The molecule has 2 aromatic rings. The molecule has 0 aliphatic carbocycles. The van der Waals surface area contributed by atoms with Crippen molar-refractivity contribution in [2.75, 3.05) is 11.9 Å². The van der Waals surface area contributed by atoms with Gasteiger partial charge in [-0.25, -0.2) is 4.79 Å². The van der Waals surface area contributed by atoms with Gasteiger partial charge in [0.2, 0.25) is 0 Å². The summed E-state index contributed by atoms with van der Waals surface area (Å²) in [5.41, 5.74) is 0.775. The molecule has 1 aromatic carbocycles. The molecule has 0 aliphatic rings. The van der Waals surface area contributed by atoms with E-state index in [1.165, 1.54) is 19.3 Å². The lowest BCUT2D eigenvalue weighted by molar-refractivity contribution is -0.142. The molecule has 0 unspecified atom stereocenters. The van der Waals surface area contributed by atoms with Gasteiger partial charge in [0.15, 0.2) is 12.4 Å². The van der Waals surface area contributed by atoms with Crippen LogP contribution in [-0.2, 0) is 14.3 Å². The third-order valence-corrected chi connectivity index (χ3v) is 2.85. The Bertz CT molecular complexity index is 731. The molecule has 0 radical (unpaired) electrons. The fraction of sp³-hybridized carbons (Fsp3) is 0.118. The van der Waals surface area contributed by atoms with Crippen LogP contribution in [0.3, 0.4) is 0 Å². The first-order valence-corrected chi connectivity index (χ1v) is 6.84. The van der Waals surface area contributed by atoms with Crippen molar-refractivity contribution in [2.24, 2.45) is 0 Å². The molecular weight excluding hydrogens is 298 g/mol. The zero-order valence-electron chi connectivity index (χ0n) is 12.4. The molecule has 1 amide bonds. The summed E-state index contributed by atoms with van der Waals surface area (Å²) in [4.78, 5) is 34.7. The molecule has 1 aromatic heterocycles. The number of para-hydroxylation sites is 1. The summed E-state index contributed by atoms with van der Waals surface area (Å²) in [6.45, 7) is 0.956. The monoisotopic (exact) mass is 313 g/mol. The SMILES string of the molecule is CC(=O)c1ccccc1NC(=O)COC(=O)C=Cc1ccco1. The molecule has 0 saturated carbocycles. The van der Waals surface area contributed by atoms with E-state index in [4.69, 9.17) is 9.15 Å². The number of hydrogen-bond donors (Lipinski definition) is 1. The van der Waals surface area contributed by atoms with Crippen molar-refractivity contribution < 1.29 is 23.5 Å². The van der Waals surface area contributed by atoms with E-state index >= 15 is 0 Å². The molecule has 0 bridgehead atoms. The Morgan fingerprint density at radius 2 is 1.96 bits per heavy atom. The molecule has 6 nitrogen and oxygen atoms in total. The van der Waals surface area contributed by atoms with Crippen LogP contribution in [0.1, 0.15) is 23.0 Å². The number of carbonyl (C=O) groups is 3. The molecule has 118 valence electrons. The highest BCUT2D eigenvalue weighted by molar-refractivity contribution is 6.04. The molecule has 6 heteroatoms. The minimum absolute atomic E-state index is 0.167. The van der Waals surface area contributed by atoms with Crippen LogP contribution in [0.15, 0.2) is 53.2 Å². The van der Waals surface area contributed by atoms with Gasteiger partial charge in [0.25, 0.3) is 5.91 Å². The summed E-state index contributed by atoms with van der Waals surface area (Å²) in [6.07, 6.45) is 4.08. The quantitative estimate of drug-likeness (QED) is 0.503. The van der Waals surface area contributed by atoms with Crippen LogP contribution in [0.2, 0.25) is 0 Å². The average molecular weight is 313 g/mol. The number of nitrogens with one attached hydrogen (secondary N) is 1. The largest absolute Gasteiger partial charge is 0.465 e. The van der Waals surface area contributed by atoms with Crippen molar-refractivity contribution in [3.05, 3.63) is 60.1 Å². The van der Waals surface area contributed by atoms with Gasteiger partial charge in [-0.05, 0) is 37.3 Å². The maximum atomic E-state index is 11.8. The topological polar surface area (TPSA) is 85.6 Å². The molecule has 0 fully saturated rings. The first kappa shape index (κ1) is 16.2. The number of rotatable bonds is 6. The number of furan rings is 1. The van der Waals surface area contributed by atoms with E-state index < -0.39 is 18.5 Å². The Hall–Kier alpha value is -3.15. The molecule has 0 spiro atoms. The second-order valence-electron chi connectivity index (χ2n) is 4.61. The van der Waals surface area contributed by atoms with Crippen molar-refractivity contribution in [1.82, 2.24) is 0 Å². The highest BCUT2D eigenvalue weighted by Gasteiger charge is 2.10. The third-order valence-electron chi connectivity index (χ3n) is 2.85. The van der Waals surface area contributed by atoms with Crippen molar-refractivity contribution in [3.8, 4) is 0 Å². The summed E-state index contributed by atoms with van der Waals surface area (Å²) in [5, 5.41) is 2.54. The molecule has 1 N–H and O–H groups in total. The van der Waals surface area contributed by atoms with Gasteiger partial charge < -0.3 is 14.5 Å². The first-order chi connectivity index (χ1) is 11.1. The number of hydrogen-bond acceptors (Lipinski definition) is 5. The number of esters is 1. The summed E-state index contributed by atoms with van der Waals surface area (Å²) in [6, 6.07) is 9.97. The van der Waals surface area contributed by atoms with Gasteiger partial charge in [-0.2, -0.15) is 0 Å². The molecule has 0 aliphatic heterocycles. The second-order valence-corrected chi connectivity index (χ2v) is 4.61. The van der Waals surface area contributed by atoms with E-state index in [9.17, 15) is 14.4 Å². The van der Waals surface area contributed by atoms with Gasteiger partial charge in [-0.1, -0.05) is 12.1 Å². The molecule has 23 heavy (non-hydrogen) atoms. The van der Waals surface area contributed by atoms with Gasteiger partial charge in [0, 0.05) is 11.6 Å². The fourth-order valence-corrected chi connectivity index (χ4v) is 1.81. The van der Waals surface area contributed by atoms with E-state index in [-0.39, 0.29) is 5.78 Å². The van der Waals surface area contributed by atoms with E-state index in [0.717, 1.165) is 6.08 Å². The number of Topliss-reactive ketones (excluding diaryl/α,β-unsaturated/α-hetero) is 1. The fourth-order valence-electron chi connectivity index (χ4n) is 1.81.